The van der Waals surface area contributed by atoms with Gasteiger partial charge in [-0.3, -0.25) is 9.97 Å². The number of hydrogen-bond acceptors (Lipinski definition) is 3. The first-order valence-electron chi connectivity index (χ1n) is 27.4. The van der Waals surface area contributed by atoms with Crippen LogP contribution in [0.1, 0.15) is 111 Å². The van der Waals surface area contributed by atoms with E-state index in [0.29, 0.717) is 39.8 Å². The Hall–Kier alpha value is -7.63. The number of rotatable bonds is 10. The molecule has 0 aliphatic carbocycles. The number of fused-ring (bicyclic) bond motifs is 5. The molecule has 12 aromatic rings. The minimum Gasteiger partial charge on any atom is -0.501 e. The van der Waals surface area contributed by atoms with Crippen molar-refractivity contribution >= 4 is 44.0 Å². The monoisotopic (exact) mass is 1160 g/mol. The molecule has 0 N–H and O–H groups in total. The topological polar surface area (TPSA) is 48.8 Å². The maximum absolute atomic E-state index is 8.30. The molecule has 0 spiro atoms. The molecular formula is C69H62IrN4O-2. The summed E-state index contributed by atoms with van der Waals surface area (Å²) in [6, 6.07) is 71.2. The number of aromatic nitrogens is 4. The van der Waals surface area contributed by atoms with Crippen LogP contribution in [0.2, 0.25) is 0 Å². The Kier molecular flexibility index (Phi) is 13.4. The molecule has 75 heavy (non-hydrogen) atoms. The van der Waals surface area contributed by atoms with E-state index in [1.54, 1.807) is 6.07 Å². The molecular weight excluding hydrogens is 1090 g/mol. The molecule has 0 unspecified atom stereocenters. The third-order valence-electron chi connectivity index (χ3n) is 14.2. The molecule has 5 nitrogen and oxygen atoms in total. The smallest absolute Gasteiger partial charge is 0.120 e. The molecule has 0 aliphatic rings. The van der Waals surface area contributed by atoms with Gasteiger partial charge in [0.05, 0.1) is 39.3 Å². The van der Waals surface area contributed by atoms with E-state index in [4.69, 9.17) is 18.5 Å². The van der Waals surface area contributed by atoms with Crippen molar-refractivity contribution in [3.05, 3.63) is 228 Å². The van der Waals surface area contributed by atoms with Gasteiger partial charge in [-0.25, -0.2) is 0 Å². The molecule has 0 atom stereocenters. The summed E-state index contributed by atoms with van der Waals surface area (Å²) in [5.74, 6) is 2.75. The molecule has 375 valence electrons. The standard InChI is InChI=1S/C38H33N2O.C31H29N2.Ir/c1-23(2)30-21-27(26-13-7-6-8-14-26)22-31(24(3)4)36(30)40-33-17-11-10-16-32(33)39-38(40)29-20-19-25(5)35-28-15-9-12-18-34(28)41-37(29)35;1-21(2)26-19-25(23-13-7-5-8-14-23)20-27(22(3)4)30(26)33-29-18-12-11-17-28(29)32-31(33)24-15-9-6-10-16-24;/h6-19,21-24H,1-5H3;5-15,17-22H,1-4H3;/q2*-1;/i5D3;;. The van der Waals surface area contributed by atoms with Crippen LogP contribution in [0.4, 0.5) is 0 Å². The number of hydrogen-bond donors (Lipinski definition) is 0. The number of imidazole rings is 2. The molecule has 3 heterocycles. The maximum atomic E-state index is 8.30. The van der Waals surface area contributed by atoms with Gasteiger partial charge in [0.15, 0.2) is 0 Å². The third-order valence-corrected chi connectivity index (χ3v) is 14.2. The van der Waals surface area contributed by atoms with Crippen molar-refractivity contribution in [1.29, 1.82) is 0 Å². The van der Waals surface area contributed by atoms with Gasteiger partial charge < -0.3 is 13.6 Å². The number of furan rings is 1. The molecule has 0 saturated heterocycles. The van der Waals surface area contributed by atoms with Gasteiger partial charge in [-0.1, -0.05) is 176 Å². The van der Waals surface area contributed by atoms with E-state index in [9.17, 15) is 0 Å². The zero-order valence-corrected chi connectivity index (χ0v) is 46.1. The average Bonchev–Trinajstić information content (AvgIpc) is 4.30. The number of aryl methyl sites for hydroxylation is 1. The fourth-order valence-corrected chi connectivity index (χ4v) is 10.6. The maximum Gasteiger partial charge on any atom is 0.120 e. The van der Waals surface area contributed by atoms with Gasteiger partial charge in [0.2, 0.25) is 0 Å². The van der Waals surface area contributed by atoms with Gasteiger partial charge in [-0.2, -0.15) is 0 Å². The number of para-hydroxylation sites is 5. The van der Waals surface area contributed by atoms with Crippen LogP contribution < -0.4 is 0 Å². The van der Waals surface area contributed by atoms with Crippen molar-refractivity contribution in [2.45, 2.75) is 85.9 Å². The van der Waals surface area contributed by atoms with Crippen LogP contribution in [0.3, 0.4) is 0 Å². The second-order valence-corrected chi connectivity index (χ2v) is 20.5. The Balaban J connectivity index is 0.000000181. The van der Waals surface area contributed by atoms with Gasteiger partial charge in [-0.15, -0.1) is 53.6 Å². The molecule has 0 fully saturated rings. The molecule has 0 amide bonds. The van der Waals surface area contributed by atoms with Crippen molar-refractivity contribution in [1.82, 2.24) is 19.1 Å². The minimum atomic E-state index is -2.33. The van der Waals surface area contributed by atoms with E-state index >= 15 is 0 Å². The SMILES string of the molecule is CC(C)c1cc(-c2ccccc2)cc(C(C)C)c1-n1c(-c2[c-]cccc2)nc2ccccc21.[2H]C([2H])([2H])c1c[c-]c(-c2nc3ccccc3n2-c2c(C(C)C)cc(-c3ccccc3)cc2C(C)C)c2oc3ccccc3c12.[Ir]. The normalized spacial score (nSPS) is 12.4. The van der Waals surface area contributed by atoms with Gasteiger partial charge in [0.25, 0.3) is 0 Å². The van der Waals surface area contributed by atoms with Crippen LogP contribution in [-0.2, 0) is 20.1 Å². The minimum absolute atomic E-state index is 0. The molecule has 3 aromatic heterocycles. The number of benzene rings is 9. The summed E-state index contributed by atoms with van der Waals surface area (Å²) in [5, 5.41) is 1.35. The van der Waals surface area contributed by atoms with E-state index in [1.807, 2.05) is 60.7 Å². The second-order valence-electron chi connectivity index (χ2n) is 20.5. The van der Waals surface area contributed by atoms with Crippen LogP contribution in [0.25, 0.3) is 100 Å². The Morgan fingerprint density at radius 3 is 1.43 bits per heavy atom. The zero-order valence-electron chi connectivity index (χ0n) is 46.7. The van der Waals surface area contributed by atoms with E-state index in [-0.39, 0.29) is 37.5 Å². The molecule has 0 aliphatic heterocycles. The van der Waals surface area contributed by atoms with E-state index < -0.39 is 6.85 Å². The molecule has 0 bridgehead atoms. The summed E-state index contributed by atoms with van der Waals surface area (Å²) in [6.07, 6.45) is 0. The van der Waals surface area contributed by atoms with Crippen LogP contribution in [-0.4, -0.2) is 19.1 Å². The summed E-state index contributed by atoms with van der Waals surface area (Å²) < 4.78 is 36.0. The van der Waals surface area contributed by atoms with Gasteiger partial charge in [0.1, 0.15) is 5.58 Å². The first-order valence-corrected chi connectivity index (χ1v) is 25.9. The van der Waals surface area contributed by atoms with Gasteiger partial charge >= 0.3 is 0 Å². The first-order chi connectivity index (χ1) is 37.2. The molecule has 6 heteroatoms. The Morgan fingerprint density at radius 1 is 0.480 bits per heavy atom. The van der Waals surface area contributed by atoms with Gasteiger partial charge in [-0.05, 0) is 123 Å². The Labute approximate surface area is 459 Å². The predicted octanol–water partition coefficient (Wildman–Crippen LogP) is 19.0. The summed E-state index contributed by atoms with van der Waals surface area (Å²) in [4.78, 5) is 10.3. The summed E-state index contributed by atoms with van der Waals surface area (Å²) in [5.41, 5.74) is 19.2. The Morgan fingerprint density at radius 2 is 0.933 bits per heavy atom. The van der Waals surface area contributed by atoms with Crippen LogP contribution >= 0.6 is 0 Å². The van der Waals surface area contributed by atoms with Crippen molar-refractivity contribution < 1.29 is 28.6 Å². The molecule has 1 radical (unpaired) electrons. The van der Waals surface area contributed by atoms with Crippen LogP contribution in [0.5, 0.6) is 0 Å². The molecule has 9 aromatic carbocycles. The largest absolute Gasteiger partial charge is 0.501 e. The van der Waals surface area contributed by atoms with Gasteiger partial charge in [0, 0.05) is 41.0 Å². The fourth-order valence-electron chi connectivity index (χ4n) is 10.6. The first kappa shape index (κ1) is 47.1. The summed E-state index contributed by atoms with van der Waals surface area (Å²) in [6.45, 7) is 15.7. The average molecular weight is 1160 g/mol. The predicted molar refractivity (Wildman–Crippen MR) is 310 cm³/mol. The van der Waals surface area contributed by atoms with Crippen molar-refractivity contribution in [2.24, 2.45) is 0 Å². The number of nitrogens with zero attached hydrogens (tertiary/aromatic N) is 4. The molecule has 12 rings (SSSR count). The molecule has 0 saturated carbocycles. The van der Waals surface area contributed by atoms with Crippen LogP contribution in [0.15, 0.2) is 192 Å². The zero-order chi connectivity index (χ0) is 53.7. The van der Waals surface area contributed by atoms with E-state index in [2.05, 4.69) is 198 Å². The van der Waals surface area contributed by atoms with Crippen molar-refractivity contribution in [3.8, 4) is 56.4 Å². The van der Waals surface area contributed by atoms with Crippen LogP contribution in [0, 0.1) is 19.0 Å². The van der Waals surface area contributed by atoms with E-state index in [1.165, 1.54) is 50.2 Å². The Bertz CT molecular complexity index is 4040. The summed E-state index contributed by atoms with van der Waals surface area (Å²) >= 11 is 0. The fraction of sp³-hybridized carbons (Fsp3) is 0.188. The third kappa shape index (κ3) is 9.47. The quantitative estimate of drug-likeness (QED) is 0.128. The van der Waals surface area contributed by atoms with Crippen molar-refractivity contribution in [2.75, 3.05) is 0 Å². The van der Waals surface area contributed by atoms with Crippen molar-refractivity contribution in [3.63, 3.8) is 0 Å². The second kappa shape index (κ2) is 21.3. The summed E-state index contributed by atoms with van der Waals surface area (Å²) in [7, 11) is 0. The van der Waals surface area contributed by atoms with E-state index in [0.717, 1.165) is 44.5 Å².